The molecule has 2 aromatic rings. The number of aromatic nitrogens is 1. The van der Waals surface area contributed by atoms with E-state index in [0.29, 0.717) is 12.4 Å². The molecule has 0 unspecified atom stereocenters. The van der Waals surface area contributed by atoms with Gasteiger partial charge in [0.05, 0.1) is 12.3 Å². The molecule has 0 saturated carbocycles. The molecule has 0 spiro atoms. The van der Waals surface area contributed by atoms with Crippen molar-refractivity contribution >= 4 is 0 Å². The molecule has 0 fully saturated rings. The summed E-state index contributed by atoms with van der Waals surface area (Å²) in [6.45, 7) is 3.40. The van der Waals surface area contributed by atoms with E-state index in [1.807, 2.05) is 24.3 Å². The van der Waals surface area contributed by atoms with Gasteiger partial charge >= 0.3 is 0 Å². The molecule has 0 aliphatic heterocycles. The lowest BCUT2D eigenvalue weighted by Crippen LogP contribution is -2.02. The van der Waals surface area contributed by atoms with Gasteiger partial charge in [-0.1, -0.05) is 6.92 Å². The molecule has 0 saturated heterocycles. The van der Waals surface area contributed by atoms with E-state index >= 15 is 0 Å². The fraction of sp³-hybridized carbons (Fsp3) is 0.357. The van der Waals surface area contributed by atoms with E-state index in [4.69, 9.17) is 14.9 Å². The van der Waals surface area contributed by atoms with Crippen molar-refractivity contribution in [2.75, 3.05) is 13.2 Å². The summed E-state index contributed by atoms with van der Waals surface area (Å²) in [6.07, 6.45) is 3.40. The molecule has 2 N–H and O–H groups in total. The number of ether oxygens (including phenoxy) is 1. The Balaban J connectivity index is 2.07. The maximum atomic E-state index is 5.52. The van der Waals surface area contributed by atoms with Crippen LogP contribution < -0.4 is 10.5 Å². The number of hydrogen-bond acceptors (Lipinski definition) is 4. The molecule has 0 aliphatic rings. The van der Waals surface area contributed by atoms with Crippen LogP contribution in [0.3, 0.4) is 0 Å². The van der Waals surface area contributed by atoms with Gasteiger partial charge in [-0.25, -0.2) is 4.98 Å². The normalized spacial score (nSPS) is 10.6. The summed E-state index contributed by atoms with van der Waals surface area (Å²) in [5.74, 6) is 1.50. The minimum absolute atomic E-state index is 0.579. The van der Waals surface area contributed by atoms with Crippen LogP contribution in [0.4, 0.5) is 0 Å². The largest absolute Gasteiger partial charge is 0.494 e. The summed E-state index contributed by atoms with van der Waals surface area (Å²) >= 11 is 0. The van der Waals surface area contributed by atoms with Crippen LogP contribution in [0.2, 0.25) is 0 Å². The third kappa shape index (κ3) is 3.11. The second-order valence-electron chi connectivity index (χ2n) is 4.06. The summed E-state index contributed by atoms with van der Waals surface area (Å²) in [4.78, 5) is 4.37. The number of hydrogen-bond donors (Lipinski definition) is 1. The second kappa shape index (κ2) is 6.21. The molecule has 1 aromatic heterocycles. The summed E-state index contributed by atoms with van der Waals surface area (Å²) < 4.78 is 10.9. The van der Waals surface area contributed by atoms with Crippen molar-refractivity contribution in [3.8, 4) is 17.2 Å². The summed E-state index contributed by atoms with van der Waals surface area (Å²) in [5, 5.41) is 0. The summed E-state index contributed by atoms with van der Waals surface area (Å²) in [7, 11) is 0. The lowest BCUT2D eigenvalue weighted by Gasteiger charge is -2.04. The smallest absolute Gasteiger partial charge is 0.226 e. The molecular formula is C14H18N2O2. The molecule has 1 heterocycles. The molecule has 2 rings (SSSR count). The fourth-order valence-electron chi connectivity index (χ4n) is 1.62. The van der Waals surface area contributed by atoms with Crippen LogP contribution in [-0.4, -0.2) is 18.1 Å². The number of rotatable bonds is 6. The van der Waals surface area contributed by atoms with Crippen molar-refractivity contribution in [1.82, 2.24) is 4.98 Å². The lowest BCUT2D eigenvalue weighted by molar-refractivity contribution is 0.317. The van der Waals surface area contributed by atoms with E-state index in [0.717, 1.165) is 36.5 Å². The van der Waals surface area contributed by atoms with Gasteiger partial charge in [0.15, 0.2) is 0 Å². The zero-order valence-electron chi connectivity index (χ0n) is 10.6. The van der Waals surface area contributed by atoms with Crippen LogP contribution in [0.1, 0.15) is 19.0 Å². The topological polar surface area (TPSA) is 61.3 Å². The van der Waals surface area contributed by atoms with Crippen molar-refractivity contribution in [3.05, 3.63) is 36.2 Å². The maximum absolute atomic E-state index is 5.52. The predicted octanol–water partition coefficient (Wildman–Crippen LogP) is 2.63. The third-order valence-electron chi connectivity index (χ3n) is 2.53. The SMILES string of the molecule is CCCOc1ccc(-c2nc(CCN)co2)cc1. The van der Waals surface area contributed by atoms with E-state index in [1.54, 1.807) is 6.26 Å². The Morgan fingerprint density at radius 1 is 1.28 bits per heavy atom. The zero-order valence-corrected chi connectivity index (χ0v) is 10.6. The van der Waals surface area contributed by atoms with Gasteiger partial charge in [-0.2, -0.15) is 0 Å². The predicted molar refractivity (Wildman–Crippen MR) is 70.5 cm³/mol. The molecule has 4 nitrogen and oxygen atoms in total. The van der Waals surface area contributed by atoms with Gasteiger partial charge < -0.3 is 14.9 Å². The van der Waals surface area contributed by atoms with Crippen LogP contribution in [0, 0.1) is 0 Å². The average Bonchev–Trinajstić information content (AvgIpc) is 2.86. The van der Waals surface area contributed by atoms with E-state index in [-0.39, 0.29) is 0 Å². The first-order valence-corrected chi connectivity index (χ1v) is 6.21. The second-order valence-corrected chi connectivity index (χ2v) is 4.06. The Morgan fingerprint density at radius 3 is 2.72 bits per heavy atom. The molecule has 18 heavy (non-hydrogen) atoms. The highest BCUT2D eigenvalue weighted by Crippen LogP contribution is 2.22. The molecule has 4 heteroatoms. The minimum atomic E-state index is 0.579. The first-order chi connectivity index (χ1) is 8.83. The van der Waals surface area contributed by atoms with E-state index < -0.39 is 0 Å². The van der Waals surface area contributed by atoms with Crippen molar-refractivity contribution < 1.29 is 9.15 Å². The van der Waals surface area contributed by atoms with Gasteiger partial charge in [-0.15, -0.1) is 0 Å². The fourth-order valence-corrected chi connectivity index (χ4v) is 1.62. The molecule has 96 valence electrons. The monoisotopic (exact) mass is 246 g/mol. The maximum Gasteiger partial charge on any atom is 0.226 e. The summed E-state index contributed by atoms with van der Waals surface area (Å²) in [6, 6.07) is 7.75. The van der Waals surface area contributed by atoms with Crippen molar-refractivity contribution in [1.29, 1.82) is 0 Å². The molecule has 0 atom stereocenters. The Bertz CT molecular complexity index is 477. The first kappa shape index (κ1) is 12.6. The molecule has 0 radical (unpaired) electrons. The van der Waals surface area contributed by atoms with Crippen molar-refractivity contribution in [2.45, 2.75) is 19.8 Å². The minimum Gasteiger partial charge on any atom is -0.494 e. The number of nitrogens with two attached hydrogens (primary N) is 1. The van der Waals surface area contributed by atoms with E-state index in [2.05, 4.69) is 11.9 Å². The van der Waals surface area contributed by atoms with Crippen molar-refractivity contribution in [3.63, 3.8) is 0 Å². The molecule has 0 bridgehead atoms. The summed E-state index contributed by atoms with van der Waals surface area (Å²) in [5.41, 5.74) is 7.31. The Morgan fingerprint density at radius 2 is 2.06 bits per heavy atom. The van der Waals surface area contributed by atoms with Crippen LogP contribution >= 0.6 is 0 Å². The molecule has 1 aromatic carbocycles. The number of benzene rings is 1. The quantitative estimate of drug-likeness (QED) is 0.851. The van der Waals surface area contributed by atoms with Gasteiger partial charge in [0.2, 0.25) is 5.89 Å². The molecule has 0 amide bonds. The van der Waals surface area contributed by atoms with Gasteiger partial charge in [0.25, 0.3) is 0 Å². The highest BCUT2D eigenvalue weighted by atomic mass is 16.5. The van der Waals surface area contributed by atoms with Crippen LogP contribution in [-0.2, 0) is 6.42 Å². The van der Waals surface area contributed by atoms with Gasteiger partial charge in [-0.3, -0.25) is 0 Å². The van der Waals surface area contributed by atoms with Crippen LogP contribution in [0.5, 0.6) is 5.75 Å². The first-order valence-electron chi connectivity index (χ1n) is 6.21. The molecule has 0 aliphatic carbocycles. The Labute approximate surface area is 107 Å². The highest BCUT2D eigenvalue weighted by Gasteiger charge is 2.06. The Kier molecular flexibility index (Phi) is 4.36. The van der Waals surface area contributed by atoms with Crippen LogP contribution in [0.25, 0.3) is 11.5 Å². The van der Waals surface area contributed by atoms with Gasteiger partial charge in [-0.05, 0) is 37.2 Å². The number of nitrogens with zero attached hydrogens (tertiary/aromatic N) is 1. The van der Waals surface area contributed by atoms with Crippen molar-refractivity contribution in [2.24, 2.45) is 5.73 Å². The average molecular weight is 246 g/mol. The van der Waals surface area contributed by atoms with E-state index in [1.165, 1.54) is 0 Å². The van der Waals surface area contributed by atoms with Gasteiger partial charge in [0, 0.05) is 12.0 Å². The standard InChI is InChI=1S/C14H18N2O2/c1-2-9-17-13-5-3-11(4-6-13)14-16-12(7-8-15)10-18-14/h3-6,10H,2,7-9,15H2,1H3. The van der Waals surface area contributed by atoms with E-state index in [9.17, 15) is 0 Å². The van der Waals surface area contributed by atoms with Gasteiger partial charge in [0.1, 0.15) is 12.0 Å². The van der Waals surface area contributed by atoms with Crippen LogP contribution in [0.15, 0.2) is 34.9 Å². The molecular weight excluding hydrogens is 228 g/mol. The third-order valence-corrected chi connectivity index (χ3v) is 2.53. The zero-order chi connectivity index (χ0) is 12.8. The lowest BCUT2D eigenvalue weighted by atomic mass is 10.2. The number of oxazole rings is 1. The Hall–Kier alpha value is -1.81. The highest BCUT2D eigenvalue weighted by molar-refractivity contribution is 5.54.